The second-order valence-corrected chi connectivity index (χ2v) is 8.31. The first kappa shape index (κ1) is 18.2. The molecule has 1 atom stereocenters. The van der Waals surface area contributed by atoms with Crippen molar-refractivity contribution in [1.82, 2.24) is 19.8 Å². The number of halogens is 2. The van der Waals surface area contributed by atoms with Crippen molar-refractivity contribution in [3.05, 3.63) is 45.7 Å². The first-order chi connectivity index (χ1) is 11.8. The zero-order valence-corrected chi connectivity index (χ0v) is 15.6. The molecule has 2 aromatic rings. The fourth-order valence-corrected chi connectivity index (χ4v) is 4.22. The molecule has 1 aromatic heterocycles. The summed E-state index contributed by atoms with van der Waals surface area (Å²) in [6, 6.07) is 3.32. The van der Waals surface area contributed by atoms with Crippen molar-refractivity contribution in [1.29, 1.82) is 0 Å². The molecule has 1 heterocycles. The zero-order chi connectivity index (χ0) is 18.2. The minimum absolute atomic E-state index is 0.00966. The summed E-state index contributed by atoms with van der Waals surface area (Å²) in [5.41, 5.74) is 1.84. The van der Waals surface area contributed by atoms with Gasteiger partial charge >= 0.3 is 0 Å². The third-order valence-corrected chi connectivity index (χ3v) is 6.24. The lowest BCUT2D eigenvalue weighted by molar-refractivity contribution is -0.120. The highest BCUT2D eigenvalue weighted by Gasteiger charge is 2.27. The van der Waals surface area contributed by atoms with Gasteiger partial charge in [0.2, 0.25) is 15.9 Å². The number of hydrogen-bond donors (Lipinski definition) is 2. The highest BCUT2D eigenvalue weighted by molar-refractivity contribution is 7.89. The fraction of sp³-hybridized carbons (Fsp3) is 0.333. The van der Waals surface area contributed by atoms with Gasteiger partial charge in [-0.05, 0) is 30.0 Å². The number of carbonyl (C=O) groups excluding carboxylic acids is 1. The normalized spacial score (nSPS) is 16.7. The number of nitrogens with one attached hydrogen (secondary N) is 2. The third-order valence-electron chi connectivity index (χ3n) is 4.04. The smallest absolute Gasteiger partial charge is 0.244 e. The third kappa shape index (κ3) is 3.82. The van der Waals surface area contributed by atoms with Crippen LogP contribution in [0.25, 0.3) is 0 Å². The van der Waals surface area contributed by atoms with Gasteiger partial charge in [0.05, 0.1) is 28.8 Å². The Morgan fingerprint density at radius 3 is 2.84 bits per heavy atom. The number of sulfonamides is 1. The Kier molecular flexibility index (Phi) is 5.06. The largest absolute Gasteiger partial charge is 0.348 e. The monoisotopic (exact) mass is 402 g/mol. The van der Waals surface area contributed by atoms with E-state index in [1.807, 2.05) is 6.07 Å². The Hall–Kier alpha value is -1.61. The highest BCUT2D eigenvalue weighted by atomic mass is 35.5. The summed E-state index contributed by atoms with van der Waals surface area (Å²) in [5, 5.41) is 7.62. The number of aromatic nitrogens is 2. The first-order valence-electron chi connectivity index (χ1n) is 7.52. The molecule has 0 radical (unpaired) electrons. The van der Waals surface area contributed by atoms with Gasteiger partial charge in [-0.2, -0.15) is 5.10 Å². The molecule has 25 heavy (non-hydrogen) atoms. The van der Waals surface area contributed by atoms with Crippen LogP contribution in [0.3, 0.4) is 0 Å². The standard InChI is InChI=1S/C15H16Cl2N4O3S/c1-21-8-9(6-18-21)25(23,24)19-7-14(22)20-13-5-3-11-10(13)2-4-12(16)15(11)17/h2,4,6,8,13,19H,3,5,7H2,1H3,(H,20,22). The highest BCUT2D eigenvalue weighted by Crippen LogP contribution is 2.38. The Morgan fingerprint density at radius 2 is 2.16 bits per heavy atom. The molecule has 0 saturated carbocycles. The van der Waals surface area contributed by atoms with Gasteiger partial charge in [-0.25, -0.2) is 13.1 Å². The molecule has 0 spiro atoms. The molecule has 0 aliphatic heterocycles. The lowest BCUT2D eigenvalue weighted by Gasteiger charge is -2.15. The number of nitrogens with zero attached hydrogens (tertiary/aromatic N) is 2. The van der Waals surface area contributed by atoms with E-state index in [-0.39, 0.29) is 17.5 Å². The molecule has 10 heteroatoms. The van der Waals surface area contributed by atoms with Crippen molar-refractivity contribution < 1.29 is 13.2 Å². The van der Waals surface area contributed by atoms with Gasteiger partial charge in [-0.15, -0.1) is 0 Å². The molecule has 1 aromatic carbocycles. The van der Waals surface area contributed by atoms with Crippen LogP contribution in [0.5, 0.6) is 0 Å². The van der Waals surface area contributed by atoms with Crippen LogP contribution in [0.15, 0.2) is 29.4 Å². The lowest BCUT2D eigenvalue weighted by atomic mass is 10.1. The molecule has 1 aliphatic rings. The van der Waals surface area contributed by atoms with E-state index in [9.17, 15) is 13.2 Å². The van der Waals surface area contributed by atoms with Crippen molar-refractivity contribution in [2.45, 2.75) is 23.8 Å². The molecular formula is C15H16Cl2N4O3S. The van der Waals surface area contributed by atoms with Crippen LogP contribution >= 0.6 is 23.2 Å². The number of benzene rings is 1. The van der Waals surface area contributed by atoms with Crippen LogP contribution in [0.2, 0.25) is 10.0 Å². The number of carbonyl (C=O) groups is 1. The predicted molar refractivity (Wildman–Crippen MR) is 94.1 cm³/mol. The maximum atomic E-state index is 12.1. The van der Waals surface area contributed by atoms with Crippen LogP contribution in [0.1, 0.15) is 23.6 Å². The van der Waals surface area contributed by atoms with E-state index < -0.39 is 15.9 Å². The van der Waals surface area contributed by atoms with E-state index in [2.05, 4.69) is 15.1 Å². The first-order valence-corrected chi connectivity index (χ1v) is 9.76. The Bertz CT molecular complexity index is 927. The van der Waals surface area contributed by atoms with Gasteiger partial charge in [0.15, 0.2) is 0 Å². The second-order valence-electron chi connectivity index (χ2n) is 5.76. The average molecular weight is 403 g/mol. The van der Waals surface area contributed by atoms with Crippen LogP contribution in [-0.4, -0.2) is 30.7 Å². The minimum Gasteiger partial charge on any atom is -0.348 e. The Morgan fingerprint density at radius 1 is 1.40 bits per heavy atom. The minimum atomic E-state index is -3.77. The van der Waals surface area contributed by atoms with Crippen molar-refractivity contribution in [3.8, 4) is 0 Å². The van der Waals surface area contributed by atoms with Crippen molar-refractivity contribution in [2.75, 3.05) is 6.54 Å². The molecule has 0 saturated heterocycles. The van der Waals surface area contributed by atoms with Crippen LogP contribution in [0, 0.1) is 0 Å². The fourth-order valence-electron chi connectivity index (χ4n) is 2.81. The molecule has 1 amide bonds. The topological polar surface area (TPSA) is 93.1 Å². The van der Waals surface area contributed by atoms with Crippen molar-refractivity contribution in [3.63, 3.8) is 0 Å². The van der Waals surface area contributed by atoms with Gasteiger partial charge in [0, 0.05) is 13.2 Å². The molecule has 0 bridgehead atoms. The Balaban J connectivity index is 1.62. The van der Waals surface area contributed by atoms with E-state index in [0.29, 0.717) is 22.9 Å². The molecule has 3 rings (SSSR count). The van der Waals surface area contributed by atoms with Crippen LogP contribution < -0.4 is 10.0 Å². The van der Waals surface area contributed by atoms with Crippen molar-refractivity contribution >= 4 is 39.1 Å². The average Bonchev–Trinajstić information content (AvgIpc) is 3.17. The molecule has 134 valence electrons. The summed E-state index contributed by atoms with van der Waals surface area (Å²) in [7, 11) is -2.16. The molecule has 1 aliphatic carbocycles. The van der Waals surface area contributed by atoms with E-state index in [1.54, 1.807) is 13.1 Å². The summed E-state index contributed by atoms with van der Waals surface area (Å²) in [5.74, 6) is -0.420. The summed E-state index contributed by atoms with van der Waals surface area (Å²) in [4.78, 5) is 12.1. The number of rotatable bonds is 5. The van der Waals surface area contributed by atoms with Gasteiger partial charge in [-0.1, -0.05) is 29.3 Å². The summed E-state index contributed by atoms with van der Waals surface area (Å²) >= 11 is 12.2. The van der Waals surface area contributed by atoms with E-state index in [0.717, 1.165) is 11.1 Å². The van der Waals surface area contributed by atoms with Crippen molar-refractivity contribution in [2.24, 2.45) is 7.05 Å². The van der Waals surface area contributed by atoms with E-state index >= 15 is 0 Å². The molecule has 7 nitrogen and oxygen atoms in total. The quantitative estimate of drug-likeness (QED) is 0.797. The molecule has 2 N–H and O–H groups in total. The number of amides is 1. The van der Waals surface area contributed by atoms with E-state index in [1.165, 1.54) is 17.1 Å². The lowest BCUT2D eigenvalue weighted by Crippen LogP contribution is -2.38. The summed E-state index contributed by atoms with van der Waals surface area (Å²) in [6.45, 7) is -0.357. The molecular weight excluding hydrogens is 387 g/mol. The Labute approximate surface area is 155 Å². The maximum absolute atomic E-state index is 12.1. The summed E-state index contributed by atoms with van der Waals surface area (Å²) in [6.07, 6.45) is 3.98. The summed E-state index contributed by atoms with van der Waals surface area (Å²) < 4.78 is 27.8. The molecule has 1 unspecified atom stereocenters. The van der Waals surface area contributed by atoms with Gasteiger partial charge in [-0.3, -0.25) is 9.48 Å². The van der Waals surface area contributed by atoms with Gasteiger partial charge < -0.3 is 5.32 Å². The van der Waals surface area contributed by atoms with Gasteiger partial charge in [0.1, 0.15) is 4.90 Å². The molecule has 0 fully saturated rings. The van der Waals surface area contributed by atoms with E-state index in [4.69, 9.17) is 23.2 Å². The SMILES string of the molecule is Cn1cc(S(=O)(=O)NCC(=O)NC2CCc3c2ccc(Cl)c3Cl)cn1. The second kappa shape index (κ2) is 6.95. The predicted octanol–water partition coefficient (Wildman–Crippen LogP) is 1.81. The maximum Gasteiger partial charge on any atom is 0.244 e. The van der Waals surface area contributed by atoms with Crippen LogP contribution in [0.4, 0.5) is 0 Å². The number of hydrogen-bond acceptors (Lipinski definition) is 4. The zero-order valence-electron chi connectivity index (χ0n) is 13.3. The van der Waals surface area contributed by atoms with Gasteiger partial charge in [0.25, 0.3) is 0 Å². The van der Waals surface area contributed by atoms with Crippen LogP contribution in [-0.2, 0) is 28.3 Å². The number of aryl methyl sites for hydroxylation is 1. The number of fused-ring (bicyclic) bond motifs is 1.